The molecule has 70 valence electrons. The van der Waals surface area contributed by atoms with Crippen molar-refractivity contribution in [2.24, 2.45) is 0 Å². The van der Waals surface area contributed by atoms with Gasteiger partial charge in [-0.2, -0.15) is 0 Å². The topological polar surface area (TPSA) is 57.6 Å². The van der Waals surface area contributed by atoms with Crippen molar-refractivity contribution in [2.75, 3.05) is 11.4 Å². The van der Waals surface area contributed by atoms with Crippen LogP contribution in [0.1, 0.15) is 0 Å². The van der Waals surface area contributed by atoms with Gasteiger partial charge in [0.25, 0.3) is 0 Å². The number of thiophene rings is 1. The minimum atomic E-state index is -1.03. The van der Waals surface area contributed by atoms with Gasteiger partial charge >= 0.3 is 5.97 Å². The average molecular weight is 264 g/mol. The monoisotopic (exact) mass is 263 g/mol. The van der Waals surface area contributed by atoms with Crippen LogP contribution in [0.2, 0.25) is 0 Å². The molecule has 0 radical (unpaired) electrons. The van der Waals surface area contributed by atoms with Gasteiger partial charge in [-0.3, -0.25) is 14.5 Å². The summed E-state index contributed by atoms with van der Waals surface area (Å²) >= 11 is 4.53. The van der Waals surface area contributed by atoms with E-state index in [1.54, 1.807) is 12.1 Å². The van der Waals surface area contributed by atoms with Crippen LogP contribution >= 0.6 is 27.3 Å². The third-order valence-electron chi connectivity index (χ3n) is 1.27. The number of carboxylic acids is 1. The third-order valence-corrected chi connectivity index (χ3v) is 2.94. The van der Waals surface area contributed by atoms with E-state index in [4.69, 9.17) is 5.11 Å². The molecule has 0 aliphatic rings. The van der Waals surface area contributed by atoms with E-state index < -0.39 is 5.97 Å². The van der Waals surface area contributed by atoms with Gasteiger partial charge in [-0.05, 0) is 28.1 Å². The fourth-order valence-corrected chi connectivity index (χ4v) is 2.10. The maximum atomic E-state index is 10.5. The molecule has 0 saturated heterocycles. The van der Waals surface area contributed by atoms with Crippen LogP contribution in [0.15, 0.2) is 15.9 Å². The van der Waals surface area contributed by atoms with Crippen LogP contribution in [0.3, 0.4) is 0 Å². The molecule has 1 heterocycles. The molecule has 1 aromatic heterocycles. The molecule has 0 aliphatic carbocycles. The number of anilines is 1. The highest BCUT2D eigenvalue weighted by atomic mass is 79.9. The van der Waals surface area contributed by atoms with E-state index in [9.17, 15) is 9.59 Å². The highest BCUT2D eigenvalue weighted by Gasteiger charge is 2.10. The summed E-state index contributed by atoms with van der Waals surface area (Å²) in [6, 6.07) is 3.45. The smallest absolute Gasteiger partial charge is 0.323 e. The summed E-state index contributed by atoms with van der Waals surface area (Å²) in [5, 5.41) is 9.09. The van der Waals surface area contributed by atoms with Crippen molar-refractivity contribution >= 4 is 44.6 Å². The Bertz CT molecular complexity index is 325. The Morgan fingerprint density at radius 1 is 1.69 bits per heavy atom. The fraction of sp³-hybridized carbons (Fsp3) is 0.143. The molecule has 1 aromatic rings. The SMILES string of the molecule is O=CN(CC(=O)O)c1ccc(Br)s1. The summed E-state index contributed by atoms with van der Waals surface area (Å²) < 4.78 is 0.861. The van der Waals surface area contributed by atoms with Crippen molar-refractivity contribution in [1.82, 2.24) is 0 Å². The van der Waals surface area contributed by atoms with Gasteiger partial charge in [0.1, 0.15) is 6.54 Å². The molecule has 13 heavy (non-hydrogen) atoms. The molecule has 0 unspecified atom stereocenters. The minimum Gasteiger partial charge on any atom is -0.480 e. The summed E-state index contributed by atoms with van der Waals surface area (Å²) in [6.07, 6.45) is 0.506. The number of nitrogens with zero attached hydrogens (tertiary/aromatic N) is 1. The van der Waals surface area contributed by atoms with Crippen molar-refractivity contribution in [1.29, 1.82) is 0 Å². The van der Waals surface area contributed by atoms with Crippen LogP contribution in [0.25, 0.3) is 0 Å². The summed E-state index contributed by atoms with van der Waals surface area (Å²) in [6.45, 7) is -0.309. The standard InChI is InChI=1S/C7H6BrNO3S/c8-5-1-2-6(13-5)9(4-10)3-7(11)12/h1-2,4H,3H2,(H,11,12). The fourth-order valence-electron chi connectivity index (χ4n) is 0.772. The van der Waals surface area contributed by atoms with E-state index in [-0.39, 0.29) is 6.54 Å². The van der Waals surface area contributed by atoms with E-state index in [1.165, 1.54) is 11.3 Å². The van der Waals surface area contributed by atoms with Crippen LogP contribution < -0.4 is 4.90 Å². The lowest BCUT2D eigenvalue weighted by atomic mass is 10.5. The summed E-state index contributed by atoms with van der Waals surface area (Å²) in [5.74, 6) is -1.03. The number of hydrogen-bond acceptors (Lipinski definition) is 3. The highest BCUT2D eigenvalue weighted by molar-refractivity contribution is 9.11. The van der Waals surface area contributed by atoms with E-state index in [0.29, 0.717) is 11.4 Å². The number of aliphatic carboxylic acids is 1. The second-order valence-electron chi connectivity index (χ2n) is 2.20. The van der Waals surface area contributed by atoms with Crippen LogP contribution in [-0.4, -0.2) is 24.0 Å². The van der Waals surface area contributed by atoms with Gasteiger partial charge in [0.05, 0.1) is 8.79 Å². The van der Waals surface area contributed by atoms with Crippen LogP contribution in [0.5, 0.6) is 0 Å². The first-order valence-corrected chi connectivity index (χ1v) is 4.93. The molecule has 0 saturated carbocycles. The molecular formula is C7H6BrNO3S. The number of hydrogen-bond donors (Lipinski definition) is 1. The summed E-state index contributed by atoms with van der Waals surface area (Å²) in [4.78, 5) is 22.0. The maximum Gasteiger partial charge on any atom is 0.323 e. The Labute approximate surface area is 86.9 Å². The zero-order valence-corrected chi connectivity index (χ0v) is 8.84. The second-order valence-corrected chi connectivity index (χ2v) is 4.65. The Balaban J connectivity index is 2.78. The molecule has 1 amide bonds. The predicted octanol–water partition coefficient (Wildman–Crippen LogP) is 1.56. The van der Waals surface area contributed by atoms with Gasteiger partial charge in [0.15, 0.2) is 0 Å². The van der Waals surface area contributed by atoms with Crippen molar-refractivity contribution in [2.45, 2.75) is 0 Å². The second kappa shape index (κ2) is 4.38. The molecular weight excluding hydrogens is 258 g/mol. The number of halogens is 1. The van der Waals surface area contributed by atoms with Crippen molar-refractivity contribution in [3.05, 3.63) is 15.9 Å². The Morgan fingerprint density at radius 3 is 2.77 bits per heavy atom. The molecule has 1 N–H and O–H groups in total. The van der Waals surface area contributed by atoms with Crippen molar-refractivity contribution < 1.29 is 14.7 Å². The van der Waals surface area contributed by atoms with E-state index >= 15 is 0 Å². The van der Waals surface area contributed by atoms with Gasteiger partial charge in [0.2, 0.25) is 6.41 Å². The summed E-state index contributed by atoms with van der Waals surface area (Å²) in [7, 11) is 0. The quantitative estimate of drug-likeness (QED) is 0.839. The molecule has 0 atom stereocenters. The first-order chi connectivity index (χ1) is 6.13. The molecule has 1 rings (SSSR count). The van der Waals surface area contributed by atoms with E-state index in [2.05, 4.69) is 15.9 Å². The number of rotatable bonds is 4. The molecule has 0 bridgehead atoms. The molecule has 4 nitrogen and oxygen atoms in total. The molecule has 0 aromatic carbocycles. The van der Waals surface area contributed by atoms with Crippen molar-refractivity contribution in [3.8, 4) is 0 Å². The van der Waals surface area contributed by atoms with Gasteiger partial charge in [0, 0.05) is 0 Å². The van der Waals surface area contributed by atoms with Crippen LogP contribution in [0.4, 0.5) is 5.00 Å². The first kappa shape index (κ1) is 10.2. The highest BCUT2D eigenvalue weighted by Crippen LogP contribution is 2.28. The van der Waals surface area contributed by atoms with Crippen LogP contribution in [-0.2, 0) is 9.59 Å². The zero-order valence-electron chi connectivity index (χ0n) is 6.44. The molecule has 0 spiro atoms. The largest absolute Gasteiger partial charge is 0.480 e. The molecule has 0 aliphatic heterocycles. The van der Waals surface area contributed by atoms with Gasteiger partial charge in [-0.15, -0.1) is 11.3 Å². The average Bonchev–Trinajstić information content (AvgIpc) is 2.47. The van der Waals surface area contributed by atoms with Gasteiger partial charge in [-0.25, -0.2) is 0 Å². The Hall–Kier alpha value is -0.880. The Morgan fingerprint density at radius 2 is 2.38 bits per heavy atom. The van der Waals surface area contributed by atoms with E-state index in [1.807, 2.05) is 0 Å². The van der Waals surface area contributed by atoms with E-state index in [0.717, 1.165) is 8.69 Å². The normalized spacial score (nSPS) is 9.62. The minimum absolute atomic E-state index is 0.309. The summed E-state index contributed by atoms with van der Waals surface area (Å²) in [5.41, 5.74) is 0. The lowest BCUT2D eigenvalue weighted by molar-refractivity contribution is -0.136. The number of carbonyl (C=O) groups excluding carboxylic acids is 1. The third kappa shape index (κ3) is 2.82. The van der Waals surface area contributed by atoms with Gasteiger partial charge in [-0.1, -0.05) is 0 Å². The lowest BCUT2D eigenvalue weighted by Gasteiger charge is -2.10. The zero-order chi connectivity index (χ0) is 9.84. The predicted molar refractivity (Wildman–Crippen MR) is 53.1 cm³/mol. The number of carboxylic acid groups (broad SMARTS) is 1. The van der Waals surface area contributed by atoms with Crippen molar-refractivity contribution in [3.63, 3.8) is 0 Å². The van der Waals surface area contributed by atoms with Crippen LogP contribution in [0, 0.1) is 0 Å². The lowest BCUT2D eigenvalue weighted by Crippen LogP contribution is -2.27. The molecule has 6 heteroatoms. The molecule has 0 fully saturated rings. The maximum absolute atomic E-state index is 10.5. The number of amides is 1. The number of carbonyl (C=O) groups is 2. The first-order valence-electron chi connectivity index (χ1n) is 3.32. The van der Waals surface area contributed by atoms with Gasteiger partial charge < -0.3 is 5.11 Å². The Kier molecular flexibility index (Phi) is 3.44.